The molecule has 0 bridgehead atoms. The summed E-state index contributed by atoms with van der Waals surface area (Å²) in [6, 6.07) is 8.42. The molecule has 2 aromatic rings. The van der Waals surface area contributed by atoms with Crippen LogP contribution in [0.5, 0.6) is 11.5 Å². The van der Waals surface area contributed by atoms with Gasteiger partial charge in [-0.15, -0.1) is 0 Å². The van der Waals surface area contributed by atoms with Crippen molar-refractivity contribution in [1.82, 2.24) is 16.0 Å². The lowest BCUT2D eigenvalue weighted by Crippen LogP contribution is -2.45. The van der Waals surface area contributed by atoms with E-state index in [1.165, 1.54) is 24.3 Å². The predicted octanol–water partition coefficient (Wildman–Crippen LogP) is 2.19. The van der Waals surface area contributed by atoms with Crippen LogP contribution in [0.15, 0.2) is 36.4 Å². The van der Waals surface area contributed by atoms with Crippen LogP contribution in [0.1, 0.15) is 65.0 Å². The maximum Gasteiger partial charge on any atom is 0.237 e. The van der Waals surface area contributed by atoms with Crippen LogP contribution in [0, 0.1) is 0 Å². The van der Waals surface area contributed by atoms with Crippen molar-refractivity contribution in [3.63, 3.8) is 0 Å². The molecule has 0 fully saturated rings. The first kappa shape index (κ1) is 26.5. The minimum atomic E-state index is -0.785. The number of phenolic OH excluding ortho intramolecular Hbond substituents is 2. The largest absolute Gasteiger partial charge is 0.507 e. The molecule has 5 N–H and O–H groups in total. The molecule has 182 valence electrons. The van der Waals surface area contributed by atoms with E-state index in [1.807, 2.05) is 0 Å². The molecule has 0 spiro atoms. The van der Waals surface area contributed by atoms with E-state index >= 15 is 0 Å². The van der Waals surface area contributed by atoms with Gasteiger partial charge in [0.2, 0.25) is 11.8 Å². The van der Waals surface area contributed by atoms with Gasteiger partial charge in [-0.25, -0.2) is 0 Å². The fourth-order valence-electron chi connectivity index (χ4n) is 3.32. The average molecular weight is 470 g/mol. The first-order chi connectivity index (χ1) is 16.2. The molecule has 34 heavy (non-hydrogen) atoms. The number of carbonyl (C=O) groups is 4. The summed E-state index contributed by atoms with van der Waals surface area (Å²) in [5.74, 6) is -1.38. The zero-order chi connectivity index (χ0) is 25.3. The minimum Gasteiger partial charge on any atom is -0.507 e. The fourth-order valence-corrected chi connectivity index (χ4v) is 3.32. The number of aromatic hydroxyl groups is 2. The molecule has 0 aromatic heterocycles. The van der Waals surface area contributed by atoms with Crippen molar-refractivity contribution in [3.8, 4) is 11.5 Å². The topological polar surface area (TPSA) is 145 Å². The van der Waals surface area contributed by atoms with Crippen molar-refractivity contribution in [1.29, 1.82) is 0 Å². The summed E-state index contributed by atoms with van der Waals surface area (Å²) in [5, 5.41) is 28.2. The van der Waals surface area contributed by atoms with Gasteiger partial charge >= 0.3 is 0 Å². The number of benzene rings is 2. The van der Waals surface area contributed by atoms with Crippen molar-refractivity contribution in [3.05, 3.63) is 58.7 Å². The van der Waals surface area contributed by atoms with E-state index in [4.69, 9.17) is 0 Å². The highest BCUT2D eigenvalue weighted by Crippen LogP contribution is 2.21. The van der Waals surface area contributed by atoms with Crippen LogP contribution in [-0.4, -0.2) is 46.7 Å². The molecule has 0 aliphatic rings. The van der Waals surface area contributed by atoms with Crippen molar-refractivity contribution in [2.45, 2.75) is 52.2 Å². The van der Waals surface area contributed by atoms with Crippen LogP contribution in [0.3, 0.4) is 0 Å². The monoisotopic (exact) mass is 469 g/mol. The quantitative estimate of drug-likeness (QED) is 0.300. The molecule has 2 amide bonds. The summed E-state index contributed by atoms with van der Waals surface area (Å²) < 4.78 is 0. The minimum absolute atomic E-state index is 0.115. The third-order valence-electron chi connectivity index (χ3n) is 5.38. The molecule has 0 saturated heterocycles. The molecule has 1 atom stereocenters. The Morgan fingerprint density at radius 3 is 1.68 bits per heavy atom. The van der Waals surface area contributed by atoms with Gasteiger partial charge in [0.05, 0.1) is 23.6 Å². The van der Waals surface area contributed by atoms with Gasteiger partial charge in [0.25, 0.3) is 0 Å². The molecule has 1 unspecified atom stereocenters. The second kappa shape index (κ2) is 12.5. The van der Waals surface area contributed by atoms with Gasteiger partial charge in [0, 0.05) is 25.9 Å². The molecule has 0 aliphatic heterocycles. The molecule has 0 aliphatic carbocycles. The van der Waals surface area contributed by atoms with E-state index in [2.05, 4.69) is 16.0 Å². The number of hydrogen-bond acceptors (Lipinski definition) is 7. The highest BCUT2D eigenvalue weighted by molar-refractivity contribution is 5.99. The van der Waals surface area contributed by atoms with Crippen LogP contribution in [0.25, 0.3) is 0 Å². The SMILES string of the molecule is CCC(=O)c1ccc(CNC(=O)CC(NC)C(=O)NCc2ccc(C(=O)CC)c(O)c2)cc1O. The summed E-state index contributed by atoms with van der Waals surface area (Å²) in [6.07, 6.45) is 0.443. The lowest BCUT2D eigenvalue weighted by Gasteiger charge is -2.16. The number of Topliss-reactive ketones (excluding diaryl/α,β-unsaturated/α-hetero) is 2. The van der Waals surface area contributed by atoms with E-state index in [0.717, 1.165) is 0 Å². The Bertz CT molecular complexity index is 1070. The third kappa shape index (κ3) is 7.14. The molecule has 0 heterocycles. The van der Waals surface area contributed by atoms with Gasteiger partial charge < -0.3 is 26.2 Å². The van der Waals surface area contributed by atoms with E-state index in [1.54, 1.807) is 33.0 Å². The number of phenols is 2. The Hall–Kier alpha value is -3.72. The predicted molar refractivity (Wildman–Crippen MR) is 127 cm³/mol. The zero-order valence-corrected chi connectivity index (χ0v) is 19.6. The van der Waals surface area contributed by atoms with Crippen LogP contribution in [0.2, 0.25) is 0 Å². The van der Waals surface area contributed by atoms with E-state index in [0.29, 0.717) is 11.1 Å². The lowest BCUT2D eigenvalue weighted by molar-refractivity contribution is -0.128. The fraction of sp³-hybridized carbons (Fsp3) is 0.360. The van der Waals surface area contributed by atoms with Crippen LogP contribution in [0.4, 0.5) is 0 Å². The molecule has 0 saturated carbocycles. The number of hydrogen-bond donors (Lipinski definition) is 5. The molecular formula is C25H31N3O6. The van der Waals surface area contributed by atoms with Gasteiger partial charge in [-0.05, 0) is 42.4 Å². The standard InChI is InChI=1S/C25H31N3O6/c1-4-20(29)17-8-6-15(10-22(17)31)13-27-24(33)12-19(26-3)25(34)28-14-16-7-9-18(21(30)5-2)23(32)11-16/h6-11,19,26,31-32H,4-5,12-14H2,1-3H3,(H,27,33)(H,28,34). The van der Waals surface area contributed by atoms with Gasteiger partial charge in [-0.1, -0.05) is 26.0 Å². The number of likely N-dealkylation sites (N-methyl/N-ethyl adjacent to an activating group) is 1. The van der Waals surface area contributed by atoms with Crippen molar-refractivity contribution >= 4 is 23.4 Å². The van der Waals surface area contributed by atoms with Gasteiger partial charge in [-0.2, -0.15) is 0 Å². The Morgan fingerprint density at radius 1 is 0.794 bits per heavy atom. The number of amides is 2. The lowest BCUT2D eigenvalue weighted by atomic mass is 10.0. The number of rotatable bonds is 12. The Labute approximate surface area is 198 Å². The summed E-state index contributed by atoms with van der Waals surface area (Å²) in [6.45, 7) is 3.67. The molecular weight excluding hydrogens is 438 g/mol. The Morgan fingerprint density at radius 2 is 1.26 bits per heavy atom. The van der Waals surface area contributed by atoms with Gasteiger partial charge in [0.1, 0.15) is 11.5 Å². The first-order valence-corrected chi connectivity index (χ1v) is 11.1. The Balaban J connectivity index is 1.88. The van der Waals surface area contributed by atoms with Crippen molar-refractivity contribution < 1.29 is 29.4 Å². The first-order valence-electron chi connectivity index (χ1n) is 11.1. The van der Waals surface area contributed by atoms with Crippen molar-refractivity contribution in [2.75, 3.05) is 7.05 Å². The molecule has 0 radical (unpaired) electrons. The van der Waals surface area contributed by atoms with E-state index in [9.17, 15) is 29.4 Å². The van der Waals surface area contributed by atoms with Gasteiger partial charge in [0.15, 0.2) is 11.6 Å². The van der Waals surface area contributed by atoms with Gasteiger partial charge in [-0.3, -0.25) is 19.2 Å². The van der Waals surface area contributed by atoms with Crippen LogP contribution < -0.4 is 16.0 Å². The number of nitrogens with one attached hydrogen (secondary N) is 3. The van der Waals surface area contributed by atoms with Crippen molar-refractivity contribution in [2.24, 2.45) is 0 Å². The molecule has 2 rings (SSSR count). The summed E-state index contributed by atoms with van der Waals surface area (Å²) >= 11 is 0. The average Bonchev–Trinajstić information content (AvgIpc) is 2.83. The van der Waals surface area contributed by atoms with Crippen LogP contribution in [-0.2, 0) is 22.7 Å². The highest BCUT2D eigenvalue weighted by atomic mass is 16.3. The second-order valence-electron chi connectivity index (χ2n) is 7.80. The maximum absolute atomic E-state index is 12.5. The van der Waals surface area contributed by atoms with Crippen LogP contribution >= 0.6 is 0 Å². The molecule has 9 heteroatoms. The summed E-state index contributed by atoms with van der Waals surface area (Å²) in [4.78, 5) is 48.3. The number of carbonyl (C=O) groups excluding carboxylic acids is 4. The summed E-state index contributed by atoms with van der Waals surface area (Å²) in [5.41, 5.74) is 1.71. The molecule has 9 nitrogen and oxygen atoms in total. The highest BCUT2D eigenvalue weighted by Gasteiger charge is 2.20. The Kier molecular flexibility index (Phi) is 9.76. The normalized spacial score (nSPS) is 11.5. The van der Waals surface area contributed by atoms with E-state index in [-0.39, 0.29) is 72.5 Å². The maximum atomic E-state index is 12.5. The zero-order valence-electron chi connectivity index (χ0n) is 19.6. The van der Waals surface area contributed by atoms with E-state index < -0.39 is 11.9 Å². The smallest absolute Gasteiger partial charge is 0.237 e. The molecule has 2 aromatic carbocycles. The second-order valence-corrected chi connectivity index (χ2v) is 7.80. The summed E-state index contributed by atoms with van der Waals surface area (Å²) in [7, 11) is 1.57. The third-order valence-corrected chi connectivity index (χ3v) is 5.38. The number of ketones is 2.